The Kier molecular flexibility index (Phi) is 9.88. The van der Waals surface area contributed by atoms with E-state index in [0.29, 0.717) is 24.4 Å². The standard InChI is InChI=1S/C20H27N3O2.2ClH/c1-15-5-7-23(8-6-15)13-17-4-2-3-16(9-17)12-22-20(24)18-10-19(11-21)25-14-18;;/h2-4,9-10,14-15H,5-8,11-13,21H2,1H3,(H,22,24);2*1H. The molecule has 0 radical (unpaired) electrons. The number of nitrogens with zero attached hydrogens (tertiary/aromatic N) is 1. The van der Waals surface area contributed by atoms with Gasteiger partial charge in [-0.1, -0.05) is 31.2 Å². The number of furan rings is 1. The predicted molar refractivity (Wildman–Crippen MR) is 112 cm³/mol. The van der Waals surface area contributed by atoms with Crippen LogP contribution in [0.25, 0.3) is 0 Å². The number of rotatable bonds is 6. The lowest BCUT2D eigenvalue weighted by atomic mass is 9.98. The summed E-state index contributed by atoms with van der Waals surface area (Å²) in [6.07, 6.45) is 4.02. The number of benzene rings is 1. The highest BCUT2D eigenvalue weighted by atomic mass is 35.5. The van der Waals surface area contributed by atoms with Crippen LogP contribution in [0, 0.1) is 5.92 Å². The van der Waals surface area contributed by atoms with Gasteiger partial charge in [0.1, 0.15) is 12.0 Å². The predicted octanol–water partition coefficient (Wildman–Crippen LogP) is 3.74. The Hall–Kier alpha value is -1.53. The van der Waals surface area contributed by atoms with Crippen LogP contribution in [0.2, 0.25) is 0 Å². The molecule has 0 unspecified atom stereocenters. The Morgan fingerprint density at radius 3 is 2.59 bits per heavy atom. The highest BCUT2D eigenvalue weighted by molar-refractivity contribution is 5.93. The maximum absolute atomic E-state index is 12.2. The van der Waals surface area contributed by atoms with Crippen molar-refractivity contribution in [2.75, 3.05) is 13.1 Å². The van der Waals surface area contributed by atoms with Gasteiger partial charge in [-0.2, -0.15) is 0 Å². The van der Waals surface area contributed by atoms with Gasteiger partial charge < -0.3 is 15.5 Å². The summed E-state index contributed by atoms with van der Waals surface area (Å²) in [5, 5.41) is 2.94. The lowest BCUT2D eigenvalue weighted by Gasteiger charge is -2.30. The molecule has 2 aromatic rings. The molecular formula is C20H29Cl2N3O2. The number of piperidine rings is 1. The van der Waals surface area contributed by atoms with E-state index in [1.54, 1.807) is 6.07 Å². The maximum Gasteiger partial charge on any atom is 0.254 e. The van der Waals surface area contributed by atoms with Gasteiger partial charge in [0, 0.05) is 13.1 Å². The first-order valence-electron chi connectivity index (χ1n) is 9.00. The summed E-state index contributed by atoms with van der Waals surface area (Å²) in [5.74, 6) is 1.32. The van der Waals surface area contributed by atoms with Crippen LogP contribution in [0.15, 0.2) is 41.0 Å². The van der Waals surface area contributed by atoms with Crippen molar-refractivity contribution >= 4 is 30.7 Å². The molecule has 1 aliphatic heterocycles. The van der Waals surface area contributed by atoms with E-state index in [1.165, 1.54) is 37.8 Å². The molecule has 27 heavy (non-hydrogen) atoms. The van der Waals surface area contributed by atoms with Gasteiger partial charge in [0.05, 0.1) is 12.1 Å². The van der Waals surface area contributed by atoms with E-state index in [-0.39, 0.29) is 30.7 Å². The van der Waals surface area contributed by atoms with E-state index in [0.717, 1.165) is 18.0 Å². The quantitative estimate of drug-likeness (QED) is 0.756. The highest BCUT2D eigenvalue weighted by Crippen LogP contribution is 2.18. The number of nitrogens with one attached hydrogen (secondary N) is 1. The minimum absolute atomic E-state index is 0. The molecule has 1 aliphatic rings. The fourth-order valence-corrected chi connectivity index (χ4v) is 3.21. The van der Waals surface area contributed by atoms with Crippen molar-refractivity contribution in [3.8, 4) is 0 Å². The summed E-state index contributed by atoms with van der Waals surface area (Å²) in [4.78, 5) is 14.7. The Morgan fingerprint density at radius 1 is 1.22 bits per heavy atom. The van der Waals surface area contributed by atoms with Gasteiger partial charge in [0.25, 0.3) is 5.91 Å². The zero-order valence-electron chi connectivity index (χ0n) is 15.6. The van der Waals surface area contributed by atoms with Crippen LogP contribution in [0.1, 0.15) is 47.0 Å². The number of carbonyl (C=O) groups excluding carboxylic acids is 1. The molecule has 7 heteroatoms. The van der Waals surface area contributed by atoms with E-state index >= 15 is 0 Å². The molecule has 0 aliphatic carbocycles. The van der Waals surface area contributed by atoms with Crippen molar-refractivity contribution in [2.24, 2.45) is 11.7 Å². The fraction of sp³-hybridized carbons (Fsp3) is 0.450. The summed E-state index contributed by atoms with van der Waals surface area (Å²) in [5.41, 5.74) is 8.42. The monoisotopic (exact) mass is 413 g/mol. The normalized spacial score (nSPS) is 14.9. The Balaban J connectivity index is 0.00000182. The van der Waals surface area contributed by atoms with E-state index in [1.807, 2.05) is 6.07 Å². The van der Waals surface area contributed by atoms with Crippen LogP contribution in [-0.2, 0) is 19.6 Å². The zero-order valence-corrected chi connectivity index (χ0v) is 17.3. The smallest absolute Gasteiger partial charge is 0.254 e. The third-order valence-electron chi connectivity index (χ3n) is 4.84. The number of hydrogen-bond donors (Lipinski definition) is 2. The number of nitrogens with two attached hydrogens (primary N) is 1. The maximum atomic E-state index is 12.2. The fourth-order valence-electron chi connectivity index (χ4n) is 3.21. The van der Waals surface area contributed by atoms with Gasteiger partial charge >= 0.3 is 0 Å². The molecule has 1 saturated heterocycles. The number of halogens is 2. The van der Waals surface area contributed by atoms with Crippen molar-refractivity contribution in [1.82, 2.24) is 10.2 Å². The largest absolute Gasteiger partial charge is 0.467 e. The van der Waals surface area contributed by atoms with Crippen LogP contribution in [0.4, 0.5) is 0 Å². The Labute approximate surface area is 173 Å². The molecule has 1 fully saturated rings. The average molecular weight is 414 g/mol. The summed E-state index contributed by atoms with van der Waals surface area (Å²) in [6.45, 7) is 6.46. The summed E-state index contributed by atoms with van der Waals surface area (Å²) in [6, 6.07) is 10.1. The van der Waals surface area contributed by atoms with E-state index in [9.17, 15) is 4.79 Å². The lowest BCUT2D eigenvalue weighted by molar-refractivity contribution is 0.0950. The first kappa shape index (κ1) is 23.5. The third-order valence-corrected chi connectivity index (χ3v) is 4.84. The Bertz CT molecular complexity index is 713. The molecule has 0 saturated carbocycles. The lowest BCUT2D eigenvalue weighted by Crippen LogP contribution is -2.32. The highest BCUT2D eigenvalue weighted by Gasteiger charge is 2.15. The van der Waals surface area contributed by atoms with E-state index < -0.39 is 0 Å². The molecule has 1 aromatic carbocycles. The molecule has 2 heterocycles. The molecule has 0 atom stereocenters. The van der Waals surface area contributed by atoms with Crippen molar-refractivity contribution in [2.45, 2.75) is 39.4 Å². The van der Waals surface area contributed by atoms with Crippen LogP contribution in [-0.4, -0.2) is 23.9 Å². The molecule has 5 nitrogen and oxygen atoms in total. The second-order valence-corrected chi connectivity index (χ2v) is 6.97. The summed E-state index contributed by atoms with van der Waals surface area (Å²) < 4.78 is 5.21. The van der Waals surface area contributed by atoms with Crippen LogP contribution in [0.3, 0.4) is 0 Å². The number of carbonyl (C=O) groups is 1. The average Bonchev–Trinajstić information content (AvgIpc) is 3.11. The second-order valence-electron chi connectivity index (χ2n) is 6.97. The minimum atomic E-state index is -0.140. The Morgan fingerprint density at radius 2 is 1.93 bits per heavy atom. The SMILES string of the molecule is CC1CCN(Cc2cccc(CNC(=O)c3coc(CN)c3)c2)CC1.Cl.Cl. The first-order valence-corrected chi connectivity index (χ1v) is 9.00. The number of amides is 1. The third kappa shape index (κ3) is 6.85. The van der Waals surface area contributed by atoms with Gasteiger partial charge in [-0.25, -0.2) is 0 Å². The van der Waals surface area contributed by atoms with Crippen LogP contribution >= 0.6 is 24.8 Å². The molecule has 0 spiro atoms. The van der Waals surface area contributed by atoms with E-state index in [2.05, 4.69) is 35.3 Å². The minimum Gasteiger partial charge on any atom is -0.467 e. The van der Waals surface area contributed by atoms with Crippen molar-refractivity contribution < 1.29 is 9.21 Å². The first-order chi connectivity index (χ1) is 12.1. The summed E-state index contributed by atoms with van der Waals surface area (Å²) >= 11 is 0. The van der Waals surface area contributed by atoms with Gasteiger partial charge in [0.2, 0.25) is 0 Å². The second kappa shape index (κ2) is 11.3. The molecular weight excluding hydrogens is 385 g/mol. The molecule has 3 rings (SSSR count). The van der Waals surface area contributed by atoms with Gasteiger partial charge in [-0.15, -0.1) is 24.8 Å². The molecule has 1 aromatic heterocycles. The molecule has 0 bridgehead atoms. The molecule has 1 amide bonds. The van der Waals surface area contributed by atoms with E-state index in [4.69, 9.17) is 10.2 Å². The topological polar surface area (TPSA) is 71.5 Å². The van der Waals surface area contributed by atoms with Crippen molar-refractivity contribution in [3.63, 3.8) is 0 Å². The number of hydrogen-bond acceptors (Lipinski definition) is 4. The van der Waals surface area contributed by atoms with Crippen LogP contribution < -0.4 is 11.1 Å². The zero-order chi connectivity index (χ0) is 17.6. The van der Waals surface area contributed by atoms with Gasteiger partial charge in [0.15, 0.2) is 0 Å². The molecule has 3 N–H and O–H groups in total. The van der Waals surface area contributed by atoms with Gasteiger partial charge in [-0.3, -0.25) is 9.69 Å². The molecule has 150 valence electrons. The van der Waals surface area contributed by atoms with Crippen LogP contribution in [0.5, 0.6) is 0 Å². The summed E-state index contributed by atoms with van der Waals surface area (Å²) in [7, 11) is 0. The van der Waals surface area contributed by atoms with Crippen molar-refractivity contribution in [1.29, 1.82) is 0 Å². The number of likely N-dealkylation sites (tertiary alicyclic amines) is 1. The van der Waals surface area contributed by atoms with Crippen molar-refractivity contribution in [3.05, 3.63) is 59.0 Å². The van der Waals surface area contributed by atoms with Gasteiger partial charge in [-0.05, 0) is 49.0 Å².